The van der Waals surface area contributed by atoms with Crippen LogP contribution in [0.2, 0.25) is 0 Å². The van der Waals surface area contributed by atoms with Crippen molar-refractivity contribution in [1.29, 1.82) is 0 Å². The van der Waals surface area contributed by atoms with Crippen molar-refractivity contribution in [3.63, 3.8) is 0 Å². The van der Waals surface area contributed by atoms with Gasteiger partial charge in [0.2, 0.25) is 0 Å². The summed E-state index contributed by atoms with van der Waals surface area (Å²) in [7, 11) is 0. The maximum absolute atomic E-state index is 12.9. The van der Waals surface area contributed by atoms with E-state index < -0.39 is 6.10 Å². The summed E-state index contributed by atoms with van der Waals surface area (Å²) in [6, 6.07) is 0. The lowest BCUT2D eigenvalue weighted by Gasteiger charge is -2.18. The smallest absolute Gasteiger partial charge is 0.306 e. The monoisotopic (exact) mass is 1040 g/mol. The topological polar surface area (TPSA) is 78.9 Å². The molecule has 0 aromatic heterocycles. The van der Waals surface area contributed by atoms with Crippen LogP contribution >= 0.6 is 0 Å². The third kappa shape index (κ3) is 60.2. The molecule has 1 unspecified atom stereocenters. The Kier molecular flexibility index (Phi) is 60.7. The van der Waals surface area contributed by atoms with E-state index in [9.17, 15) is 14.4 Å². The molecule has 0 N–H and O–H groups in total. The molecule has 0 saturated carbocycles. The molecule has 0 fully saturated rings. The summed E-state index contributed by atoms with van der Waals surface area (Å²) in [6.45, 7) is 6.57. The Hall–Kier alpha value is -2.63. The molecule has 0 bridgehead atoms. The van der Waals surface area contributed by atoms with Gasteiger partial charge in [-0.2, -0.15) is 0 Å². The fourth-order valence-corrected chi connectivity index (χ4v) is 9.73. The van der Waals surface area contributed by atoms with Crippen LogP contribution in [0.4, 0.5) is 0 Å². The molecule has 432 valence electrons. The van der Waals surface area contributed by atoms with Crippen molar-refractivity contribution in [2.45, 2.75) is 354 Å². The van der Waals surface area contributed by atoms with Gasteiger partial charge in [-0.3, -0.25) is 14.4 Å². The molecule has 0 saturated heterocycles. The van der Waals surface area contributed by atoms with E-state index in [1.807, 2.05) is 0 Å². The zero-order chi connectivity index (χ0) is 53.6. The lowest BCUT2D eigenvalue weighted by Crippen LogP contribution is -2.30. The number of rotatable bonds is 60. The van der Waals surface area contributed by atoms with Crippen LogP contribution in [-0.4, -0.2) is 37.2 Å². The highest BCUT2D eigenvalue weighted by Crippen LogP contribution is 2.18. The van der Waals surface area contributed by atoms with Crippen molar-refractivity contribution in [3.05, 3.63) is 48.6 Å². The Morgan fingerprint density at radius 1 is 0.284 bits per heavy atom. The number of hydrogen-bond acceptors (Lipinski definition) is 6. The Morgan fingerprint density at radius 3 is 0.824 bits per heavy atom. The van der Waals surface area contributed by atoms with E-state index in [1.54, 1.807) is 0 Å². The molecule has 74 heavy (non-hydrogen) atoms. The average molecular weight is 1040 g/mol. The maximum Gasteiger partial charge on any atom is 0.306 e. The van der Waals surface area contributed by atoms with Crippen LogP contribution in [-0.2, 0) is 28.6 Å². The van der Waals surface area contributed by atoms with E-state index in [0.29, 0.717) is 19.3 Å². The fourth-order valence-electron chi connectivity index (χ4n) is 9.73. The molecule has 0 amide bonds. The molecule has 6 nitrogen and oxygen atoms in total. The van der Waals surface area contributed by atoms with Crippen LogP contribution in [0, 0.1) is 0 Å². The lowest BCUT2D eigenvalue weighted by molar-refractivity contribution is -0.167. The number of allylic oxidation sites excluding steroid dienone is 8. The van der Waals surface area contributed by atoms with Gasteiger partial charge in [-0.25, -0.2) is 0 Å². The molecule has 0 aliphatic rings. The van der Waals surface area contributed by atoms with Crippen LogP contribution in [0.25, 0.3) is 0 Å². The highest BCUT2D eigenvalue weighted by Gasteiger charge is 2.19. The van der Waals surface area contributed by atoms with Crippen LogP contribution < -0.4 is 0 Å². The minimum atomic E-state index is -0.784. The highest BCUT2D eigenvalue weighted by atomic mass is 16.6. The minimum absolute atomic E-state index is 0.0782. The van der Waals surface area contributed by atoms with Crippen LogP contribution in [0.3, 0.4) is 0 Å². The van der Waals surface area contributed by atoms with Crippen molar-refractivity contribution in [3.8, 4) is 0 Å². The third-order valence-electron chi connectivity index (χ3n) is 14.6. The number of unbranched alkanes of at least 4 members (excludes halogenated alkanes) is 41. The van der Waals surface area contributed by atoms with Crippen molar-refractivity contribution in [1.82, 2.24) is 0 Å². The Morgan fingerprint density at radius 2 is 0.527 bits per heavy atom. The van der Waals surface area contributed by atoms with Gasteiger partial charge in [0.1, 0.15) is 13.2 Å². The van der Waals surface area contributed by atoms with E-state index >= 15 is 0 Å². The zero-order valence-electron chi connectivity index (χ0n) is 49.6. The van der Waals surface area contributed by atoms with Crippen LogP contribution in [0.1, 0.15) is 348 Å². The first kappa shape index (κ1) is 71.4. The normalized spacial score (nSPS) is 12.3. The van der Waals surface area contributed by atoms with Gasteiger partial charge >= 0.3 is 17.9 Å². The summed E-state index contributed by atoms with van der Waals surface area (Å²) in [6.07, 6.45) is 78.4. The lowest BCUT2D eigenvalue weighted by atomic mass is 10.0. The molecule has 0 rings (SSSR count). The van der Waals surface area contributed by atoms with E-state index in [0.717, 1.165) is 96.3 Å². The van der Waals surface area contributed by atoms with Gasteiger partial charge in [0.15, 0.2) is 6.10 Å². The predicted molar refractivity (Wildman–Crippen MR) is 321 cm³/mol. The molecule has 0 aliphatic carbocycles. The summed E-state index contributed by atoms with van der Waals surface area (Å²) in [5, 5.41) is 0. The number of esters is 3. The minimum Gasteiger partial charge on any atom is -0.462 e. The molecule has 0 aromatic carbocycles. The van der Waals surface area contributed by atoms with E-state index in [4.69, 9.17) is 14.2 Å². The first-order valence-corrected chi connectivity index (χ1v) is 32.6. The quantitative estimate of drug-likeness (QED) is 0.0261. The SMILES string of the molecule is CC/C=C\C/C=C\C/C=C\C/C=C\CCCCCCC(=O)OC(COC(=O)CCCCCCCCCCCCCCCCCC)COC(=O)CCCCCCCCCCCCCCCCCCCCCCCCC. The van der Waals surface area contributed by atoms with Gasteiger partial charge in [0, 0.05) is 19.3 Å². The van der Waals surface area contributed by atoms with E-state index in [2.05, 4.69) is 69.4 Å². The van der Waals surface area contributed by atoms with Gasteiger partial charge < -0.3 is 14.2 Å². The van der Waals surface area contributed by atoms with Crippen molar-refractivity contribution in [2.75, 3.05) is 13.2 Å². The molecule has 6 heteroatoms. The molecule has 0 aliphatic heterocycles. The van der Waals surface area contributed by atoms with Crippen LogP contribution in [0.15, 0.2) is 48.6 Å². The summed E-state index contributed by atoms with van der Waals surface area (Å²) >= 11 is 0. The van der Waals surface area contributed by atoms with E-state index in [-0.39, 0.29) is 31.1 Å². The van der Waals surface area contributed by atoms with Gasteiger partial charge in [0.05, 0.1) is 0 Å². The Balaban J connectivity index is 4.31. The number of hydrogen-bond donors (Lipinski definition) is 0. The first-order valence-electron chi connectivity index (χ1n) is 32.6. The second-order valence-corrected chi connectivity index (χ2v) is 22.0. The first-order chi connectivity index (χ1) is 36.5. The van der Waals surface area contributed by atoms with Gasteiger partial charge in [-0.15, -0.1) is 0 Å². The summed E-state index contributed by atoms with van der Waals surface area (Å²) in [5.74, 6) is -0.878. The molecule has 0 aromatic rings. The molecule has 0 heterocycles. The average Bonchev–Trinajstić information content (AvgIpc) is 3.40. The third-order valence-corrected chi connectivity index (χ3v) is 14.6. The van der Waals surface area contributed by atoms with Gasteiger partial charge in [-0.1, -0.05) is 320 Å². The molecule has 0 spiro atoms. The van der Waals surface area contributed by atoms with Gasteiger partial charge in [-0.05, 0) is 57.8 Å². The Labute approximate surface area is 460 Å². The maximum atomic E-state index is 12.9. The summed E-state index contributed by atoms with van der Waals surface area (Å²) in [5.41, 5.74) is 0. The van der Waals surface area contributed by atoms with Gasteiger partial charge in [0.25, 0.3) is 0 Å². The van der Waals surface area contributed by atoms with Crippen LogP contribution in [0.5, 0.6) is 0 Å². The second-order valence-electron chi connectivity index (χ2n) is 22.0. The van der Waals surface area contributed by atoms with Crippen molar-refractivity contribution in [2.24, 2.45) is 0 Å². The standard InChI is InChI=1S/C68H124O6/c1-4-7-10-13-16-19-22-25-28-31-32-33-34-35-36-38-40-43-46-49-52-55-58-61-67(70)73-64-65(63-72-66(69)60-57-54-51-48-45-42-39-30-27-24-21-18-15-12-9-6-3)74-68(71)62-59-56-53-50-47-44-41-37-29-26-23-20-17-14-11-8-5-2/h8,11,17,20,26,29,41,44,65H,4-7,9-10,12-16,18-19,21-25,27-28,30-40,42-43,45-64H2,1-3H3/b11-8-,20-17-,29-26-,44-41-. The number of carbonyl (C=O) groups is 3. The highest BCUT2D eigenvalue weighted by molar-refractivity contribution is 5.71. The van der Waals surface area contributed by atoms with E-state index in [1.165, 1.54) is 212 Å². The summed E-state index contributed by atoms with van der Waals surface area (Å²) < 4.78 is 16.9. The predicted octanol–water partition coefficient (Wildman–Crippen LogP) is 22.2. The van der Waals surface area contributed by atoms with Crippen molar-refractivity contribution >= 4 is 17.9 Å². The number of ether oxygens (including phenoxy) is 3. The molecule has 0 radical (unpaired) electrons. The summed E-state index contributed by atoms with van der Waals surface area (Å²) in [4.78, 5) is 38.3. The second kappa shape index (κ2) is 62.9. The molecular weight excluding hydrogens is 913 g/mol. The zero-order valence-corrected chi connectivity index (χ0v) is 49.6. The number of carbonyl (C=O) groups excluding carboxylic acids is 3. The van der Waals surface area contributed by atoms with Crippen molar-refractivity contribution < 1.29 is 28.6 Å². The largest absolute Gasteiger partial charge is 0.462 e. The molecular formula is C68H124O6. The Bertz CT molecular complexity index is 1280. The molecule has 1 atom stereocenters. The fraction of sp³-hybridized carbons (Fsp3) is 0.838.